The van der Waals surface area contributed by atoms with Crippen LogP contribution >= 0.6 is 0 Å². The zero-order chi connectivity index (χ0) is 16.7. The summed E-state index contributed by atoms with van der Waals surface area (Å²) in [6, 6.07) is -0.0205. The second-order valence-electron chi connectivity index (χ2n) is 6.13. The van der Waals surface area contributed by atoms with Gasteiger partial charge in [-0.15, -0.1) is 5.10 Å². The highest BCUT2D eigenvalue weighted by Gasteiger charge is 2.39. The third kappa shape index (κ3) is 2.40. The quantitative estimate of drug-likeness (QED) is 0.816. The van der Waals surface area contributed by atoms with E-state index < -0.39 is 0 Å². The number of carbonyl (C=O) groups is 1. The lowest BCUT2D eigenvalue weighted by Crippen LogP contribution is -2.50. The van der Waals surface area contributed by atoms with E-state index in [0.717, 1.165) is 12.1 Å². The Morgan fingerprint density at radius 3 is 3.21 bits per heavy atom. The van der Waals surface area contributed by atoms with E-state index in [4.69, 9.17) is 14.0 Å². The number of hydrogen-bond acceptors (Lipinski definition) is 7. The van der Waals surface area contributed by atoms with Gasteiger partial charge in [-0.05, 0) is 13.3 Å². The zero-order valence-electron chi connectivity index (χ0n) is 13.6. The number of likely N-dealkylation sites (tertiary alicyclic amines) is 1. The molecule has 2 aromatic heterocycles. The fourth-order valence-corrected chi connectivity index (χ4v) is 3.39. The molecule has 2 aliphatic rings. The van der Waals surface area contributed by atoms with E-state index >= 15 is 0 Å². The Bertz CT molecular complexity index is 755. The van der Waals surface area contributed by atoms with E-state index in [1.807, 2.05) is 4.68 Å². The van der Waals surface area contributed by atoms with Crippen molar-refractivity contribution in [3.8, 4) is 0 Å². The molecule has 0 bridgehead atoms. The number of nitrogens with zero attached hydrogens (tertiary/aromatic N) is 5. The number of aromatic nitrogens is 4. The van der Waals surface area contributed by atoms with E-state index in [-0.39, 0.29) is 18.1 Å². The SMILES string of the molecule is COCc1c(C(=O)N2CC[C@@H]3OCc4cnnn4[C@@H]3C2)noc1C. The Hall–Kier alpha value is -2.26. The van der Waals surface area contributed by atoms with E-state index in [1.54, 1.807) is 25.1 Å². The number of rotatable bonds is 3. The van der Waals surface area contributed by atoms with Crippen LogP contribution in [0.2, 0.25) is 0 Å². The summed E-state index contributed by atoms with van der Waals surface area (Å²) in [4.78, 5) is 14.7. The van der Waals surface area contributed by atoms with Crippen molar-refractivity contribution in [2.45, 2.75) is 38.7 Å². The monoisotopic (exact) mass is 333 g/mol. The smallest absolute Gasteiger partial charge is 0.276 e. The molecule has 2 aliphatic heterocycles. The highest BCUT2D eigenvalue weighted by atomic mass is 16.5. The van der Waals surface area contributed by atoms with Crippen molar-refractivity contribution in [3.05, 3.63) is 28.9 Å². The number of methoxy groups -OCH3 is 1. The third-order valence-electron chi connectivity index (χ3n) is 4.69. The standard InChI is InChI=1S/C15H19N5O4/c1-9-11(8-22-2)14(17-24-9)15(21)19-4-3-13-12(6-19)20-10(7-23-13)5-16-18-20/h5,12-13H,3-4,6-8H2,1-2H3/t12-,13+/m1/s1. The van der Waals surface area contributed by atoms with Gasteiger partial charge in [-0.1, -0.05) is 10.4 Å². The molecule has 128 valence electrons. The summed E-state index contributed by atoms with van der Waals surface area (Å²) in [5.74, 6) is 0.458. The van der Waals surface area contributed by atoms with Crippen LogP contribution < -0.4 is 0 Å². The third-order valence-corrected chi connectivity index (χ3v) is 4.69. The molecule has 2 atom stereocenters. The van der Waals surface area contributed by atoms with Crippen LogP contribution in [0.25, 0.3) is 0 Å². The van der Waals surface area contributed by atoms with Crippen LogP contribution in [-0.4, -0.2) is 57.3 Å². The molecule has 0 spiro atoms. The van der Waals surface area contributed by atoms with Gasteiger partial charge in [-0.3, -0.25) is 4.79 Å². The Morgan fingerprint density at radius 1 is 1.50 bits per heavy atom. The molecule has 0 radical (unpaired) electrons. The lowest BCUT2D eigenvalue weighted by molar-refractivity contribution is -0.0606. The molecule has 2 aromatic rings. The van der Waals surface area contributed by atoms with Crippen LogP contribution in [0.5, 0.6) is 0 Å². The van der Waals surface area contributed by atoms with Gasteiger partial charge in [-0.25, -0.2) is 4.68 Å². The van der Waals surface area contributed by atoms with Crippen LogP contribution in [0.4, 0.5) is 0 Å². The fraction of sp³-hybridized carbons (Fsp3) is 0.600. The highest BCUT2D eigenvalue weighted by molar-refractivity contribution is 5.93. The van der Waals surface area contributed by atoms with Gasteiger partial charge < -0.3 is 18.9 Å². The van der Waals surface area contributed by atoms with Gasteiger partial charge in [0.15, 0.2) is 5.69 Å². The Kier molecular flexibility index (Phi) is 3.81. The summed E-state index contributed by atoms with van der Waals surface area (Å²) < 4.78 is 18.1. The maximum absolute atomic E-state index is 12.9. The molecule has 24 heavy (non-hydrogen) atoms. The van der Waals surface area contributed by atoms with E-state index in [0.29, 0.717) is 43.3 Å². The van der Waals surface area contributed by atoms with Crippen molar-refractivity contribution >= 4 is 5.91 Å². The zero-order valence-corrected chi connectivity index (χ0v) is 13.6. The molecule has 1 amide bonds. The topological polar surface area (TPSA) is 95.5 Å². The first-order valence-corrected chi connectivity index (χ1v) is 7.93. The van der Waals surface area contributed by atoms with Crippen LogP contribution in [-0.2, 0) is 22.7 Å². The van der Waals surface area contributed by atoms with E-state index in [1.165, 1.54) is 0 Å². The van der Waals surface area contributed by atoms with Gasteiger partial charge in [0.05, 0.1) is 42.8 Å². The first-order chi connectivity index (χ1) is 11.7. The molecule has 4 heterocycles. The summed E-state index contributed by atoms with van der Waals surface area (Å²) >= 11 is 0. The van der Waals surface area contributed by atoms with Crippen molar-refractivity contribution in [3.63, 3.8) is 0 Å². The maximum Gasteiger partial charge on any atom is 0.276 e. The molecule has 0 aliphatic carbocycles. The summed E-state index contributed by atoms with van der Waals surface area (Å²) in [5.41, 5.74) is 1.96. The maximum atomic E-state index is 12.9. The van der Waals surface area contributed by atoms with Gasteiger partial charge in [0.25, 0.3) is 5.91 Å². The normalized spacial score (nSPS) is 23.0. The number of aryl methyl sites for hydroxylation is 1. The number of fused-ring (bicyclic) bond motifs is 3. The Morgan fingerprint density at radius 2 is 2.38 bits per heavy atom. The Labute approximate surface area is 138 Å². The molecular weight excluding hydrogens is 314 g/mol. The fourth-order valence-electron chi connectivity index (χ4n) is 3.39. The Balaban J connectivity index is 1.57. The van der Waals surface area contributed by atoms with Gasteiger partial charge in [0.1, 0.15) is 5.76 Å². The molecule has 0 unspecified atom stereocenters. The average molecular weight is 333 g/mol. The summed E-state index contributed by atoms with van der Waals surface area (Å²) in [6.07, 6.45) is 2.52. The van der Waals surface area contributed by atoms with Crippen LogP contribution in [0.1, 0.15) is 40.0 Å². The van der Waals surface area contributed by atoms with E-state index in [2.05, 4.69) is 15.5 Å². The predicted molar refractivity (Wildman–Crippen MR) is 80.1 cm³/mol. The van der Waals surface area contributed by atoms with E-state index in [9.17, 15) is 4.79 Å². The van der Waals surface area contributed by atoms with Crippen molar-refractivity contribution in [2.75, 3.05) is 20.2 Å². The number of amides is 1. The van der Waals surface area contributed by atoms with Crippen LogP contribution in [0.3, 0.4) is 0 Å². The predicted octanol–water partition coefficient (Wildman–Crippen LogP) is 0.707. The molecule has 0 saturated carbocycles. The number of ether oxygens (including phenoxy) is 2. The molecule has 9 heteroatoms. The molecule has 1 saturated heterocycles. The molecule has 1 fully saturated rings. The molecular formula is C15H19N5O4. The van der Waals surface area contributed by atoms with Gasteiger partial charge in [0, 0.05) is 20.2 Å². The lowest BCUT2D eigenvalue weighted by atomic mass is 9.99. The van der Waals surface area contributed by atoms with Crippen molar-refractivity contribution in [1.29, 1.82) is 0 Å². The largest absolute Gasteiger partial charge is 0.380 e. The van der Waals surface area contributed by atoms with Crippen molar-refractivity contribution in [2.24, 2.45) is 0 Å². The van der Waals surface area contributed by atoms with Gasteiger partial charge in [0.2, 0.25) is 0 Å². The molecule has 9 nitrogen and oxygen atoms in total. The number of carbonyl (C=O) groups excluding carboxylic acids is 1. The minimum atomic E-state index is -0.149. The second-order valence-corrected chi connectivity index (χ2v) is 6.13. The highest BCUT2D eigenvalue weighted by Crippen LogP contribution is 2.31. The number of piperidine rings is 1. The van der Waals surface area contributed by atoms with Gasteiger partial charge >= 0.3 is 0 Å². The average Bonchev–Trinajstić information content (AvgIpc) is 3.22. The lowest BCUT2D eigenvalue weighted by Gasteiger charge is -2.40. The van der Waals surface area contributed by atoms with Crippen LogP contribution in [0.15, 0.2) is 10.7 Å². The second kappa shape index (κ2) is 5.99. The minimum absolute atomic E-state index is 0.0205. The minimum Gasteiger partial charge on any atom is -0.380 e. The summed E-state index contributed by atoms with van der Waals surface area (Å²) in [7, 11) is 1.58. The molecule has 4 rings (SSSR count). The molecule has 0 N–H and O–H groups in total. The first-order valence-electron chi connectivity index (χ1n) is 7.93. The van der Waals surface area contributed by atoms with Gasteiger partial charge in [-0.2, -0.15) is 0 Å². The summed E-state index contributed by atoms with van der Waals surface area (Å²) in [5, 5.41) is 12.0. The number of hydrogen-bond donors (Lipinski definition) is 0. The van der Waals surface area contributed by atoms with Crippen molar-refractivity contribution in [1.82, 2.24) is 25.1 Å². The van der Waals surface area contributed by atoms with Crippen LogP contribution in [0, 0.1) is 6.92 Å². The molecule has 0 aromatic carbocycles. The first kappa shape index (κ1) is 15.3. The van der Waals surface area contributed by atoms with Crippen molar-refractivity contribution < 1.29 is 18.8 Å². The summed E-state index contributed by atoms with van der Waals surface area (Å²) in [6.45, 7) is 3.72.